The third-order valence-corrected chi connectivity index (χ3v) is 5.68. The van der Waals surface area contributed by atoms with Crippen LogP contribution in [0.3, 0.4) is 0 Å². The van der Waals surface area contributed by atoms with E-state index in [1.165, 1.54) is 27.9 Å². The quantitative estimate of drug-likeness (QED) is 0.351. The molecular formula is C22H18ClN7O4. The van der Waals surface area contributed by atoms with Crippen LogP contribution in [0.2, 0.25) is 5.15 Å². The van der Waals surface area contributed by atoms with Crippen molar-refractivity contribution in [3.63, 3.8) is 0 Å². The van der Waals surface area contributed by atoms with Gasteiger partial charge in [-0.15, -0.1) is 0 Å². The lowest BCUT2D eigenvalue weighted by Crippen LogP contribution is -2.51. The van der Waals surface area contributed by atoms with E-state index in [0.29, 0.717) is 18.7 Å². The van der Waals surface area contributed by atoms with E-state index in [9.17, 15) is 14.7 Å². The highest BCUT2D eigenvalue weighted by Gasteiger charge is 2.29. The van der Waals surface area contributed by atoms with Crippen molar-refractivity contribution in [1.82, 2.24) is 34.3 Å². The maximum absolute atomic E-state index is 13.0. The molecule has 0 bridgehead atoms. The highest BCUT2D eigenvalue weighted by atomic mass is 35.5. The van der Waals surface area contributed by atoms with Crippen LogP contribution in [0, 0.1) is 0 Å². The number of hydrogen-bond donors (Lipinski definition) is 1. The van der Waals surface area contributed by atoms with Crippen LogP contribution in [0.5, 0.6) is 11.8 Å². The van der Waals surface area contributed by atoms with Gasteiger partial charge < -0.3 is 19.6 Å². The molecule has 172 valence electrons. The van der Waals surface area contributed by atoms with Crippen LogP contribution in [0.15, 0.2) is 49.3 Å². The van der Waals surface area contributed by atoms with E-state index in [0.717, 1.165) is 5.39 Å². The number of aromatic nitrogens is 5. The molecule has 4 aromatic rings. The van der Waals surface area contributed by atoms with Gasteiger partial charge in [-0.1, -0.05) is 18.2 Å². The van der Waals surface area contributed by atoms with Crippen molar-refractivity contribution >= 4 is 45.7 Å². The van der Waals surface area contributed by atoms with Gasteiger partial charge in [0.2, 0.25) is 17.7 Å². The van der Waals surface area contributed by atoms with Crippen molar-refractivity contribution < 1.29 is 19.4 Å². The number of fused-ring (bicyclic) bond motifs is 2. The number of piperazine rings is 1. The minimum Gasteiger partial charge on any atom is -0.493 e. The standard InChI is InChI=1S/C22H18ClN7O4/c1-2-16(31)28-9-11-29(12-10-28)22(33)34-21-18-17(24-7-8-25-18)20(32)30(21)15-6-4-13-3-5-14(23)26-19(13)27-15/h2-8,32H,1,9-12H2. The molecule has 2 amide bonds. The number of pyridine rings is 2. The summed E-state index contributed by atoms with van der Waals surface area (Å²) in [4.78, 5) is 45.0. The molecule has 11 nitrogen and oxygen atoms in total. The van der Waals surface area contributed by atoms with Crippen molar-refractivity contribution in [2.24, 2.45) is 0 Å². The highest BCUT2D eigenvalue weighted by Crippen LogP contribution is 2.37. The van der Waals surface area contributed by atoms with Gasteiger partial charge >= 0.3 is 6.09 Å². The zero-order valence-electron chi connectivity index (χ0n) is 17.8. The molecule has 4 aromatic heterocycles. The minimum atomic E-state index is -0.654. The van der Waals surface area contributed by atoms with Gasteiger partial charge in [-0.05, 0) is 30.3 Å². The molecule has 5 heterocycles. The first kappa shape index (κ1) is 21.6. The lowest BCUT2D eigenvalue weighted by atomic mass is 10.3. The molecule has 0 unspecified atom stereocenters. The lowest BCUT2D eigenvalue weighted by Gasteiger charge is -2.33. The summed E-state index contributed by atoms with van der Waals surface area (Å²) in [6, 6.07) is 6.82. The van der Waals surface area contributed by atoms with Gasteiger partial charge in [0.15, 0.2) is 16.7 Å². The summed E-state index contributed by atoms with van der Waals surface area (Å²) in [6.07, 6.45) is 3.44. The summed E-state index contributed by atoms with van der Waals surface area (Å²) in [5.41, 5.74) is 0.686. The van der Waals surface area contributed by atoms with Crippen molar-refractivity contribution in [3.05, 3.63) is 54.5 Å². The molecule has 1 aliphatic rings. The van der Waals surface area contributed by atoms with Crippen molar-refractivity contribution in [3.8, 4) is 17.6 Å². The second kappa shape index (κ2) is 8.60. The van der Waals surface area contributed by atoms with Crippen LogP contribution >= 0.6 is 11.6 Å². The number of rotatable bonds is 3. The summed E-state index contributed by atoms with van der Waals surface area (Å²) in [6.45, 7) is 4.76. The number of aromatic hydroxyl groups is 1. The molecule has 34 heavy (non-hydrogen) atoms. The molecule has 0 atom stereocenters. The third kappa shape index (κ3) is 3.75. The summed E-state index contributed by atoms with van der Waals surface area (Å²) in [7, 11) is 0. The Morgan fingerprint density at radius 2 is 1.68 bits per heavy atom. The Labute approximate surface area is 197 Å². The van der Waals surface area contributed by atoms with E-state index in [4.69, 9.17) is 16.3 Å². The second-order valence-corrected chi connectivity index (χ2v) is 7.84. The van der Waals surface area contributed by atoms with Crippen LogP contribution in [0.1, 0.15) is 0 Å². The predicted octanol–water partition coefficient (Wildman–Crippen LogP) is 2.55. The van der Waals surface area contributed by atoms with Gasteiger partial charge in [0.05, 0.1) is 0 Å². The Morgan fingerprint density at radius 1 is 1.00 bits per heavy atom. The average Bonchev–Trinajstić information content (AvgIpc) is 3.14. The van der Waals surface area contributed by atoms with Crippen LogP contribution in [-0.2, 0) is 4.79 Å². The third-order valence-electron chi connectivity index (χ3n) is 5.47. The van der Waals surface area contributed by atoms with E-state index in [1.54, 1.807) is 29.2 Å². The summed E-state index contributed by atoms with van der Waals surface area (Å²) >= 11 is 6.01. The zero-order valence-corrected chi connectivity index (χ0v) is 18.5. The van der Waals surface area contributed by atoms with Crippen LogP contribution < -0.4 is 4.74 Å². The molecule has 0 spiro atoms. The first-order valence-corrected chi connectivity index (χ1v) is 10.7. The summed E-state index contributed by atoms with van der Waals surface area (Å²) in [5.74, 6) is -0.279. The maximum atomic E-state index is 13.0. The molecule has 1 N–H and O–H groups in total. The Kier molecular flexibility index (Phi) is 5.46. The topological polar surface area (TPSA) is 127 Å². The van der Waals surface area contributed by atoms with Gasteiger partial charge in [-0.25, -0.2) is 29.3 Å². The predicted molar refractivity (Wildman–Crippen MR) is 123 cm³/mol. The minimum absolute atomic E-state index is 0.0379. The van der Waals surface area contributed by atoms with Crippen molar-refractivity contribution in [1.29, 1.82) is 0 Å². The number of carbonyl (C=O) groups is 2. The van der Waals surface area contributed by atoms with E-state index >= 15 is 0 Å². The summed E-state index contributed by atoms with van der Waals surface area (Å²) in [5, 5.41) is 11.9. The first-order valence-electron chi connectivity index (χ1n) is 10.3. The Hall–Kier alpha value is -4.25. The molecule has 0 saturated carbocycles. The van der Waals surface area contributed by atoms with Crippen LogP contribution in [0.4, 0.5) is 4.79 Å². The number of halogens is 1. The van der Waals surface area contributed by atoms with E-state index in [-0.39, 0.29) is 52.8 Å². The van der Waals surface area contributed by atoms with E-state index < -0.39 is 6.09 Å². The van der Waals surface area contributed by atoms with Crippen LogP contribution in [-0.4, -0.2) is 77.6 Å². The summed E-state index contributed by atoms with van der Waals surface area (Å²) < 4.78 is 6.96. The van der Waals surface area contributed by atoms with Gasteiger partial charge in [0.1, 0.15) is 11.0 Å². The number of carbonyl (C=O) groups excluding carboxylic acids is 2. The fourth-order valence-corrected chi connectivity index (χ4v) is 3.89. The SMILES string of the molecule is C=CC(=O)N1CCN(C(=O)Oc2c3nccnc3c(O)n2-c2ccc3ccc(Cl)nc3n2)CC1. The zero-order chi connectivity index (χ0) is 23.8. The van der Waals surface area contributed by atoms with Gasteiger partial charge in [-0.2, -0.15) is 0 Å². The van der Waals surface area contributed by atoms with Crippen LogP contribution in [0.25, 0.3) is 27.9 Å². The smallest absolute Gasteiger partial charge is 0.416 e. The van der Waals surface area contributed by atoms with Gasteiger partial charge in [-0.3, -0.25) is 4.79 Å². The Morgan fingerprint density at radius 3 is 2.41 bits per heavy atom. The molecule has 12 heteroatoms. The molecule has 1 fully saturated rings. The number of amides is 2. The lowest BCUT2D eigenvalue weighted by molar-refractivity contribution is -0.127. The number of nitrogens with zero attached hydrogens (tertiary/aromatic N) is 7. The monoisotopic (exact) mass is 479 g/mol. The van der Waals surface area contributed by atoms with E-state index in [2.05, 4.69) is 26.5 Å². The molecular weight excluding hydrogens is 462 g/mol. The van der Waals surface area contributed by atoms with Crippen molar-refractivity contribution in [2.75, 3.05) is 26.2 Å². The average molecular weight is 480 g/mol. The second-order valence-electron chi connectivity index (χ2n) is 7.45. The Bertz CT molecular complexity index is 1450. The largest absolute Gasteiger partial charge is 0.493 e. The van der Waals surface area contributed by atoms with Gasteiger partial charge in [0, 0.05) is 44.0 Å². The van der Waals surface area contributed by atoms with Crippen molar-refractivity contribution in [2.45, 2.75) is 0 Å². The molecule has 0 radical (unpaired) electrons. The fourth-order valence-electron chi connectivity index (χ4n) is 3.75. The number of hydrogen-bond acceptors (Lipinski definition) is 8. The first-order chi connectivity index (χ1) is 16.5. The molecule has 0 aliphatic carbocycles. The van der Waals surface area contributed by atoms with E-state index in [1.807, 2.05) is 0 Å². The normalized spacial score (nSPS) is 13.9. The maximum Gasteiger partial charge on any atom is 0.416 e. The molecule has 1 saturated heterocycles. The number of ether oxygens (including phenoxy) is 1. The molecule has 0 aromatic carbocycles. The van der Waals surface area contributed by atoms with Gasteiger partial charge in [0.25, 0.3) is 0 Å². The molecule has 1 aliphatic heterocycles. The highest BCUT2D eigenvalue weighted by molar-refractivity contribution is 6.29. The Balaban J connectivity index is 1.52. The fraction of sp³-hybridized carbons (Fsp3) is 0.182. The molecule has 5 rings (SSSR count).